The minimum atomic E-state index is -3.79. The number of carboxylic acids is 1. The van der Waals surface area contributed by atoms with Crippen LogP contribution in [0, 0.1) is 0 Å². The normalized spacial score (nSPS) is 12.6. The van der Waals surface area contributed by atoms with Gasteiger partial charge in [-0.25, -0.2) is 13.4 Å². The molecule has 0 saturated carbocycles. The number of aromatic amines is 1. The molecular weight excluding hydrogens is 404 g/mol. The molecule has 1 atom stereocenters. The predicted molar refractivity (Wildman–Crippen MR) is 114 cm³/mol. The van der Waals surface area contributed by atoms with Gasteiger partial charge in [0.15, 0.2) is 0 Å². The molecule has 1 heterocycles. The van der Waals surface area contributed by atoms with Crippen molar-refractivity contribution in [2.45, 2.75) is 25.6 Å². The highest BCUT2D eigenvalue weighted by Crippen LogP contribution is 2.22. The second-order valence-electron chi connectivity index (χ2n) is 6.94. The Balaban J connectivity index is 1.86. The van der Waals surface area contributed by atoms with Gasteiger partial charge in [-0.3, -0.25) is 4.79 Å². The number of anilines is 1. The number of benzene rings is 2. The minimum absolute atomic E-state index is 0.0607. The molecule has 0 bridgehead atoms. The number of carbonyl (C=O) groups is 1. The van der Waals surface area contributed by atoms with Crippen LogP contribution in [0.1, 0.15) is 16.8 Å². The summed E-state index contributed by atoms with van der Waals surface area (Å²) in [5, 5.41) is 13.1. The molecule has 1 aromatic heterocycles. The summed E-state index contributed by atoms with van der Waals surface area (Å²) in [6.45, 7) is 0.414. The molecule has 0 amide bonds. The topological polar surface area (TPSA) is 115 Å². The summed E-state index contributed by atoms with van der Waals surface area (Å²) in [6.07, 6.45) is 4.38. The van der Waals surface area contributed by atoms with E-state index in [-0.39, 0.29) is 13.0 Å². The molecule has 0 aliphatic rings. The van der Waals surface area contributed by atoms with E-state index in [0.717, 1.165) is 27.5 Å². The van der Waals surface area contributed by atoms with Crippen LogP contribution in [-0.4, -0.2) is 46.1 Å². The molecule has 2 aromatic carbocycles. The number of para-hydroxylation sites is 1. The number of aliphatic carboxylic acids is 1. The van der Waals surface area contributed by atoms with Crippen molar-refractivity contribution in [1.82, 2.24) is 14.3 Å². The van der Waals surface area contributed by atoms with Crippen molar-refractivity contribution < 1.29 is 18.3 Å². The largest absolute Gasteiger partial charge is 0.480 e. The monoisotopic (exact) mass is 428 g/mol. The standard InChI is InChI=1S/C21H24N4O4S/c1-30(28,29)25(20(21(26)27)11-16-7-3-2-4-8-16)14-17-9-5-6-10-19(17)23-13-18-12-22-15-24-18/h2-10,12,15,20,23H,11,13-14H2,1H3,(H,22,24)(H,26,27)/t20-/m0/s1. The van der Waals surface area contributed by atoms with Gasteiger partial charge in [-0.1, -0.05) is 48.5 Å². The van der Waals surface area contributed by atoms with Crippen LogP contribution in [0.15, 0.2) is 67.1 Å². The molecule has 0 spiro atoms. The fraction of sp³-hybridized carbons (Fsp3) is 0.238. The fourth-order valence-corrected chi connectivity index (χ4v) is 4.18. The van der Waals surface area contributed by atoms with Crippen LogP contribution in [0.3, 0.4) is 0 Å². The molecule has 0 fully saturated rings. The molecule has 0 saturated heterocycles. The second-order valence-corrected chi connectivity index (χ2v) is 8.87. The molecule has 0 unspecified atom stereocenters. The summed E-state index contributed by atoms with van der Waals surface area (Å²) in [5.41, 5.74) is 3.04. The summed E-state index contributed by atoms with van der Waals surface area (Å²) in [6, 6.07) is 15.0. The molecule has 9 heteroatoms. The Bertz CT molecular complexity index is 1070. The third-order valence-corrected chi connectivity index (χ3v) is 5.93. The smallest absolute Gasteiger partial charge is 0.322 e. The van der Waals surface area contributed by atoms with Crippen molar-refractivity contribution in [2.75, 3.05) is 11.6 Å². The van der Waals surface area contributed by atoms with E-state index < -0.39 is 22.0 Å². The minimum Gasteiger partial charge on any atom is -0.480 e. The number of nitrogens with zero attached hydrogens (tertiary/aromatic N) is 2. The van der Waals surface area contributed by atoms with E-state index in [2.05, 4.69) is 15.3 Å². The first-order valence-corrected chi connectivity index (χ1v) is 11.2. The van der Waals surface area contributed by atoms with E-state index in [0.29, 0.717) is 12.1 Å². The number of imidazole rings is 1. The number of rotatable bonds is 10. The van der Waals surface area contributed by atoms with Crippen LogP contribution >= 0.6 is 0 Å². The van der Waals surface area contributed by atoms with Gasteiger partial charge < -0.3 is 15.4 Å². The zero-order chi connectivity index (χ0) is 21.6. The van der Waals surface area contributed by atoms with Crippen LogP contribution in [0.5, 0.6) is 0 Å². The SMILES string of the molecule is CS(=O)(=O)N(Cc1ccccc1NCc1cnc[nH]1)[C@@H](Cc1ccccc1)C(=O)O. The van der Waals surface area contributed by atoms with Crippen LogP contribution < -0.4 is 5.32 Å². The van der Waals surface area contributed by atoms with Crippen molar-refractivity contribution in [3.8, 4) is 0 Å². The molecule has 3 aromatic rings. The number of H-pyrrole nitrogens is 1. The van der Waals surface area contributed by atoms with Crippen LogP contribution in [-0.2, 0) is 34.3 Å². The van der Waals surface area contributed by atoms with Crippen LogP contribution in [0.4, 0.5) is 5.69 Å². The van der Waals surface area contributed by atoms with Gasteiger partial charge in [0.1, 0.15) is 6.04 Å². The Morgan fingerprint density at radius 2 is 1.87 bits per heavy atom. The number of hydrogen-bond acceptors (Lipinski definition) is 5. The number of nitrogens with one attached hydrogen (secondary N) is 2. The summed E-state index contributed by atoms with van der Waals surface area (Å²) < 4.78 is 26.2. The van der Waals surface area contributed by atoms with E-state index in [1.807, 2.05) is 18.2 Å². The van der Waals surface area contributed by atoms with E-state index in [9.17, 15) is 18.3 Å². The molecule has 0 aliphatic heterocycles. The van der Waals surface area contributed by atoms with Crippen molar-refractivity contribution >= 4 is 21.7 Å². The maximum absolute atomic E-state index is 12.6. The van der Waals surface area contributed by atoms with Gasteiger partial charge in [0.25, 0.3) is 0 Å². The second kappa shape index (κ2) is 9.55. The summed E-state index contributed by atoms with van der Waals surface area (Å²) in [5.74, 6) is -1.19. The summed E-state index contributed by atoms with van der Waals surface area (Å²) in [4.78, 5) is 19.0. The molecule has 0 radical (unpaired) electrons. The van der Waals surface area contributed by atoms with Gasteiger partial charge in [-0.2, -0.15) is 4.31 Å². The van der Waals surface area contributed by atoms with Gasteiger partial charge in [0.2, 0.25) is 10.0 Å². The van der Waals surface area contributed by atoms with E-state index >= 15 is 0 Å². The van der Waals surface area contributed by atoms with Gasteiger partial charge >= 0.3 is 5.97 Å². The lowest BCUT2D eigenvalue weighted by Crippen LogP contribution is -2.45. The quantitative estimate of drug-likeness (QED) is 0.457. The number of carboxylic acid groups (broad SMARTS) is 1. The van der Waals surface area contributed by atoms with Crippen molar-refractivity contribution in [3.63, 3.8) is 0 Å². The molecule has 30 heavy (non-hydrogen) atoms. The van der Waals surface area contributed by atoms with Gasteiger partial charge in [0.05, 0.1) is 24.8 Å². The van der Waals surface area contributed by atoms with Gasteiger partial charge in [0, 0.05) is 18.4 Å². The van der Waals surface area contributed by atoms with Crippen molar-refractivity contribution in [2.24, 2.45) is 0 Å². The van der Waals surface area contributed by atoms with Crippen molar-refractivity contribution in [1.29, 1.82) is 0 Å². The zero-order valence-corrected chi connectivity index (χ0v) is 17.3. The van der Waals surface area contributed by atoms with Crippen LogP contribution in [0.2, 0.25) is 0 Å². The molecule has 8 nitrogen and oxygen atoms in total. The highest BCUT2D eigenvalue weighted by molar-refractivity contribution is 7.88. The van der Waals surface area contributed by atoms with Gasteiger partial charge in [-0.15, -0.1) is 0 Å². The highest BCUT2D eigenvalue weighted by atomic mass is 32.2. The molecule has 3 N–H and O–H groups in total. The molecular formula is C21H24N4O4S. The molecule has 3 rings (SSSR count). The van der Waals surface area contributed by atoms with Crippen LogP contribution in [0.25, 0.3) is 0 Å². The third-order valence-electron chi connectivity index (χ3n) is 4.70. The first-order chi connectivity index (χ1) is 14.3. The first-order valence-electron chi connectivity index (χ1n) is 9.37. The lowest BCUT2D eigenvalue weighted by atomic mass is 10.1. The van der Waals surface area contributed by atoms with Gasteiger partial charge in [-0.05, 0) is 23.6 Å². The lowest BCUT2D eigenvalue weighted by Gasteiger charge is -2.28. The average Bonchev–Trinajstić information content (AvgIpc) is 3.23. The van der Waals surface area contributed by atoms with E-state index in [1.165, 1.54) is 0 Å². The molecule has 158 valence electrons. The average molecular weight is 429 g/mol. The molecule has 0 aliphatic carbocycles. The van der Waals surface area contributed by atoms with E-state index in [4.69, 9.17) is 0 Å². The Labute approximate surface area is 175 Å². The number of hydrogen-bond donors (Lipinski definition) is 3. The summed E-state index contributed by atoms with van der Waals surface area (Å²) >= 11 is 0. The Morgan fingerprint density at radius 1 is 1.17 bits per heavy atom. The lowest BCUT2D eigenvalue weighted by molar-refractivity contribution is -0.141. The fourth-order valence-electron chi connectivity index (χ4n) is 3.18. The zero-order valence-electron chi connectivity index (χ0n) is 16.5. The Morgan fingerprint density at radius 3 is 2.50 bits per heavy atom. The Kier molecular flexibility index (Phi) is 6.86. The third kappa shape index (κ3) is 5.68. The maximum Gasteiger partial charge on any atom is 0.322 e. The summed E-state index contributed by atoms with van der Waals surface area (Å²) in [7, 11) is -3.79. The number of sulfonamides is 1. The maximum atomic E-state index is 12.6. The first kappa shape index (κ1) is 21.5. The highest BCUT2D eigenvalue weighted by Gasteiger charge is 2.33. The number of aromatic nitrogens is 2. The Hall–Kier alpha value is -3.17. The predicted octanol–water partition coefficient (Wildman–Crippen LogP) is 2.48. The van der Waals surface area contributed by atoms with E-state index in [1.54, 1.807) is 48.9 Å². The van der Waals surface area contributed by atoms with Crippen molar-refractivity contribution in [3.05, 3.63) is 83.9 Å².